The van der Waals surface area contributed by atoms with Crippen molar-refractivity contribution >= 4 is 16.9 Å². The second kappa shape index (κ2) is 6.86. The number of H-pyrrole nitrogens is 1. The molecule has 1 aliphatic heterocycles. The number of piperidine rings is 1. The largest absolute Gasteiger partial charge is 0.361 e. The molecule has 1 fully saturated rings. The molecule has 22 heavy (non-hydrogen) atoms. The van der Waals surface area contributed by atoms with E-state index >= 15 is 0 Å². The molecule has 0 atom stereocenters. The summed E-state index contributed by atoms with van der Waals surface area (Å²) in [7, 11) is 0. The lowest BCUT2D eigenvalue weighted by Gasteiger charge is -2.32. The number of unbranched alkanes of at least 4 members (excludes halogenated alkanes) is 1. The molecule has 118 valence electrons. The van der Waals surface area contributed by atoms with Crippen molar-refractivity contribution in [3.05, 3.63) is 36.0 Å². The van der Waals surface area contributed by atoms with Crippen molar-refractivity contribution in [2.24, 2.45) is 0 Å². The molecule has 2 N–H and O–H groups in total. The van der Waals surface area contributed by atoms with Gasteiger partial charge in [0.05, 0.1) is 0 Å². The fraction of sp³-hybridized carbons (Fsp3) is 0.500. The van der Waals surface area contributed by atoms with E-state index in [1.54, 1.807) is 0 Å². The van der Waals surface area contributed by atoms with Crippen LogP contribution >= 0.6 is 0 Å². The van der Waals surface area contributed by atoms with Crippen molar-refractivity contribution in [2.75, 3.05) is 19.6 Å². The highest BCUT2D eigenvalue weighted by Crippen LogP contribution is 2.32. The fourth-order valence-electron chi connectivity index (χ4n) is 3.31. The molecule has 0 bridgehead atoms. The third-order valence-electron chi connectivity index (χ3n) is 4.65. The first kappa shape index (κ1) is 14.9. The number of fused-ring (bicyclic) bond motifs is 1. The molecule has 0 aliphatic carbocycles. The van der Waals surface area contributed by atoms with Gasteiger partial charge in [-0.3, -0.25) is 0 Å². The smallest absolute Gasteiger partial charge is 0.317 e. The second-order valence-corrected chi connectivity index (χ2v) is 6.14. The molecule has 2 heterocycles. The second-order valence-electron chi connectivity index (χ2n) is 6.14. The number of likely N-dealkylation sites (tertiary alicyclic amines) is 1. The van der Waals surface area contributed by atoms with Crippen LogP contribution in [0.2, 0.25) is 0 Å². The molecule has 4 nitrogen and oxygen atoms in total. The van der Waals surface area contributed by atoms with Crippen LogP contribution < -0.4 is 5.32 Å². The molecule has 1 aromatic carbocycles. The van der Waals surface area contributed by atoms with E-state index in [9.17, 15) is 4.79 Å². The number of carbonyl (C=O) groups excluding carboxylic acids is 1. The van der Waals surface area contributed by atoms with Crippen molar-refractivity contribution in [3.8, 4) is 0 Å². The van der Waals surface area contributed by atoms with E-state index in [4.69, 9.17) is 0 Å². The van der Waals surface area contributed by atoms with Crippen LogP contribution in [0, 0.1) is 0 Å². The summed E-state index contributed by atoms with van der Waals surface area (Å²) in [5.74, 6) is 0.552. The summed E-state index contributed by atoms with van der Waals surface area (Å²) in [5, 5.41) is 4.34. The topological polar surface area (TPSA) is 48.1 Å². The van der Waals surface area contributed by atoms with Gasteiger partial charge in [-0.2, -0.15) is 0 Å². The van der Waals surface area contributed by atoms with Crippen molar-refractivity contribution < 1.29 is 4.79 Å². The molecule has 1 aromatic heterocycles. The maximum atomic E-state index is 12.1. The van der Waals surface area contributed by atoms with Crippen LogP contribution in [0.15, 0.2) is 30.5 Å². The molecule has 1 aliphatic rings. The SMILES string of the molecule is CCCCNC(=O)N1CCC(c2c[nH]c3ccccc23)CC1. The lowest BCUT2D eigenvalue weighted by molar-refractivity contribution is 0.181. The lowest BCUT2D eigenvalue weighted by Crippen LogP contribution is -2.44. The number of nitrogens with one attached hydrogen (secondary N) is 2. The average molecular weight is 299 g/mol. The highest BCUT2D eigenvalue weighted by molar-refractivity contribution is 5.83. The van der Waals surface area contributed by atoms with Crippen molar-refractivity contribution in [1.82, 2.24) is 15.2 Å². The van der Waals surface area contributed by atoms with Crippen molar-refractivity contribution in [1.29, 1.82) is 0 Å². The summed E-state index contributed by atoms with van der Waals surface area (Å²) in [6, 6.07) is 8.56. The Balaban J connectivity index is 1.59. The predicted molar refractivity (Wildman–Crippen MR) is 90.2 cm³/mol. The quantitative estimate of drug-likeness (QED) is 0.828. The highest BCUT2D eigenvalue weighted by Gasteiger charge is 2.25. The molecule has 3 rings (SSSR count). The standard InChI is InChI=1S/C18H25N3O/c1-2-3-10-19-18(22)21-11-8-14(9-12-21)16-13-20-17-7-5-4-6-15(16)17/h4-7,13-14,20H,2-3,8-12H2,1H3,(H,19,22). The van der Waals surface area contributed by atoms with Crippen LogP contribution in [0.25, 0.3) is 10.9 Å². The third kappa shape index (κ3) is 3.11. The van der Waals surface area contributed by atoms with Crippen LogP contribution in [0.5, 0.6) is 0 Å². The van der Waals surface area contributed by atoms with Gasteiger partial charge in [-0.05, 0) is 36.8 Å². The van der Waals surface area contributed by atoms with Gasteiger partial charge in [0.25, 0.3) is 0 Å². The summed E-state index contributed by atoms with van der Waals surface area (Å²) >= 11 is 0. The van der Waals surface area contributed by atoms with Crippen molar-refractivity contribution in [3.63, 3.8) is 0 Å². The van der Waals surface area contributed by atoms with E-state index in [-0.39, 0.29) is 6.03 Å². The number of amides is 2. The number of carbonyl (C=O) groups is 1. The Morgan fingerprint density at radius 2 is 2.09 bits per heavy atom. The van der Waals surface area contributed by atoms with Crippen LogP contribution in [0.3, 0.4) is 0 Å². The monoisotopic (exact) mass is 299 g/mol. The fourth-order valence-corrected chi connectivity index (χ4v) is 3.31. The Kier molecular flexibility index (Phi) is 4.66. The van der Waals surface area contributed by atoms with Gasteiger partial charge in [0, 0.05) is 36.7 Å². The van der Waals surface area contributed by atoms with Crippen LogP contribution in [0.1, 0.15) is 44.1 Å². The van der Waals surface area contributed by atoms with Gasteiger partial charge in [-0.15, -0.1) is 0 Å². The summed E-state index contributed by atoms with van der Waals surface area (Å²) in [5.41, 5.74) is 2.61. The number of benzene rings is 1. The minimum absolute atomic E-state index is 0.103. The summed E-state index contributed by atoms with van der Waals surface area (Å²) in [4.78, 5) is 17.4. The van der Waals surface area contributed by atoms with Gasteiger partial charge < -0.3 is 15.2 Å². The van der Waals surface area contributed by atoms with Crippen LogP contribution in [-0.4, -0.2) is 35.5 Å². The Bertz CT molecular complexity index is 626. The van der Waals surface area contributed by atoms with Crippen LogP contribution in [-0.2, 0) is 0 Å². The minimum atomic E-state index is 0.103. The van der Waals surface area contributed by atoms with Crippen molar-refractivity contribution in [2.45, 2.75) is 38.5 Å². The van der Waals surface area contributed by atoms with Gasteiger partial charge in [0.15, 0.2) is 0 Å². The lowest BCUT2D eigenvalue weighted by atomic mass is 9.89. The molecule has 4 heteroatoms. The third-order valence-corrected chi connectivity index (χ3v) is 4.65. The first-order valence-corrected chi connectivity index (χ1v) is 8.38. The minimum Gasteiger partial charge on any atom is -0.361 e. The number of hydrogen-bond acceptors (Lipinski definition) is 1. The highest BCUT2D eigenvalue weighted by atomic mass is 16.2. The van der Waals surface area contributed by atoms with E-state index < -0.39 is 0 Å². The number of hydrogen-bond donors (Lipinski definition) is 2. The molecular formula is C18H25N3O. The Morgan fingerprint density at radius 1 is 1.32 bits per heavy atom. The predicted octanol–water partition coefficient (Wildman–Crippen LogP) is 3.86. The molecule has 2 amide bonds. The maximum absolute atomic E-state index is 12.1. The molecule has 2 aromatic rings. The normalized spacial score (nSPS) is 16.1. The van der Waals surface area contributed by atoms with E-state index in [2.05, 4.69) is 47.7 Å². The number of para-hydroxylation sites is 1. The average Bonchev–Trinajstić information content (AvgIpc) is 2.99. The summed E-state index contributed by atoms with van der Waals surface area (Å²) in [6.45, 7) is 4.63. The molecule has 0 spiro atoms. The van der Waals surface area contributed by atoms with Gasteiger partial charge in [0.1, 0.15) is 0 Å². The molecular weight excluding hydrogens is 274 g/mol. The maximum Gasteiger partial charge on any atom is 0.317 e. The van der Waals surface area contributed by atoms with E-state index in [0.717, 1.165) is 45.3 Å². The zero-order valence-corrected chi connectivity index (χ0v) is 13.3. The van der Waals surface area contributed by atoms with E-state index in [1.165, 1.54) is 16.5 Å². The summed E-state index contributed by atoms with van der Waals surface area (Å²) in [6.07, 6.45) is 6.40. The first-order valence-electron chi connectivity index (χ1n) is 8.38. The molecule has 1 saturated heterocycles. The Morgan fingerprint density at radius 3 is 2.86 bits per heavy atom. The molecule has 0 saturated carbocycles. The van der Waals surface area contributed by atoms with Gasteiger partial charge in [-0.1, -0.05) is 31.5 Å². The number of urea groups is 1. The number of rotatable bonds is 4. The number of nitrogens with zero attached hydrogens (tertiary/aromatic N) is 1. The zero-order chi connectivity index (χ0) is 15.4. The van der Waals surface area contributed by atoms with E-state index in [1.807, 2.05) is 4.90 Å². The van der Waals surface area contributed by atoms with Gasteiger partial charge in [0.2, 0.25) is 0 Å². The Hall–Kier alpha value is -1.97. The Labute approximate surface area is 131 Å². The molecule has 0 unspecified atom stereocenters. The first-order chi connectivity index (χ1) is 10.8. The summed E-state index contributed by atoms with van der Waals surface area (Å²) < 4.78 is 0. The van der Waals surface area contributed by atoms with Gasteiger partial charge >= 0.3 is 6.03 Å². The van der Waals surface area contributed by atoms with Gasteiger partial charge in [-0.25, -0.2) is 4.79 Å². The van der Waals surface area contributed by atoms with Crippen LogP contribution in [0.4, 0.5) is 4.79 Å². The zero-order valence-electron chi connectivity index (χ0n) is 13.3. The van der Waals surface area contributed by atoms with E-state index in [0.29, 0.717) is 5.92 Å². The molecule has 0 radical (unpaired) electrons. The number of aromatic nitrogens is 1. The number of aromatic amines is 1.